The van der Waals surface area contributed by atoms with Gasteiger partial charge in [-0.2, -0.15) is 0 Å². The molecule has 0 aliphatic carbocycles. The van der Waals surface area contributed by atoms with E-state index < -0.39 is 8.80 Å². The molecule has 169 valence electrons. The molecule has 0 fully saturated rings. The van der Waals surface area contributed by atoms with Gasteiger partial charge < -0.3 is 4.74 Å². The van der Waals surface area contributed by atoms with Gasteiger partial charge in [-0.1, -0.05) is 131 Å². The van der Waals surface area contributed by atoms with Crippen LogP contribution >= 0.6 is 0 Å². The maximum Gasteiger partial charge on any atom is 0.119 e. The first-order valence-electron chi connectivity index (χ1n) is 12.5. The molecule has 0 aliphatic heterocycles. The van der Waals surface area contributed by atoms with E-state index in [1.165, 1.54) is 66.8 Å². The summed E-state index contributed by atoms with van der Waals surface area (Å²) in [7, 11) is -0.404. The summed E-state index contributed by atoms with van der Waals surface area (Å²) in [5, 5.41) is 1.55. The fourth-order valence-corrected chi connectivity index (χ4v) is 5.85. The minimum absolute atomic E-state index is 0.404. The van der Waals surface area contributed by atoms with Gasteiger partial charge in [0.05, 0.1) is 15.4 Å². The SMILES string of the molecule is CCCCCCOc1ccc(-c2ccc(-c3ccc([Si](C)CCCCC)cc3)cc2)cc1. The van der Waals surface area contributed by atoms with E-state index in [1.807, 2.05) is 0 Å². The summed E-state index contributed by atoms with van der Waals surface area (Å²) in [5.74, 6) is 0.966. The largest absolute Gasteiger partial charge is 0.494 e. The number of benzene rings is 3. The molecule has 0 unspecified atom stereocenters. The third-order valence-electron chi connectivity index (χ3n) is 6.21. The van der Waals surface area contributed by atoms with E-state index in [9.17, 15) is 0 Å². The van der Waals surface area contributed by atoms with Crippen LogP contribution in [0.3, 0.4) is 0 Å². The fourth-order valence-electron chi connectivity index (χ4n) is 4.05. The van der Waals surface area contributed by atoms with E-state index >= 15 is 0 Å². The Labute approximate surface area is 197 Å². The molecule has 0 atom stereocenters. The van der Waals surface area contributed by atoms with Crippen molar-refractivity contribution in [3.63, 3.8) is 0 Å². The van der Waals surface area contributed by atoms with Gasteiger partial charge in [0.25, 0.3) is 0 Å². The van der Waals surface area contributed by atoms with Crippen molar-refractivity contribution in [2.45, 2.75) is 71.4 Å². The molecule has 0 N–H and O–H groups in total. The maximum absolute atomic E-state index is 5.88. The van der Waals surface area contributed by atoms with Gasteiger partial charge >= 0.3 is 0 Å². The first-order valence-corrected chi connectivity index (χ1v) is 14.7. The van der Waals surface area contributed by atoms with Crippen LogP contribution in [0.25, 0.3) is 22.3 Å². The Bertz CT molecular complexity index is 897. The van der Waals surface area contributed by atoms with Gasteiger partial charge in [-0.25, -0.2) is 0 Å². The average molecular weight is 444 g/mol. The molecule has 3 rings (SSSR count). The highest BCUT2D eigenvalue weighted by Crippen LogP contribution is 2.26. The number of rotatable bonds is 13. The van der Waals surface area contributed by atoms with Gasteiger partial charge in [0.1, 0.15) is 5.75 Å². The second kappa shape index (κ2) is 13.3. The molecular formula is C30H39OSi. The van der Waals surface area contributed by atoms with Crippen LogP contribution < -0.4 is 9.92 Å². The molecule has 32 heavy (non-hydrogen) atoms. The molecule has 2 heteroatoms. The molecule has 0 aromatic heterocycles. The van der Waals surface area contributed by atoms with Crippen molar-refractivity contribution in [2.75, 3.05) is 6.61 Å². The van der Waals surface area contributed by atoms with E-state index in [0.717, 1.165) is 18.8 Å². The Hall–Kier alpha value is -2.32. The number of unbranched alkanes of at least 4 members (excludes halogenated alkanes) is 5. The first kappa shape index (κ1) is 24.3. The van der Waals surface area contributed by atoms with Crippen LogP contribution in [0.15, 0.2) is 72.8 Å². The molecule has 0 saturated heterocycles. The molecule has 3 aromatic rings. The minimum atomic E-state index is -0.404. The fraction of sp³-hybridized carbons (Fsp3) is 0.400. The lowest BCUT2D eigenvalue weighted by Gasteiger charge is -2.11. The minimum Gasteiger partial charge on any atom is -0.494 e. The summed E-state index contributed by atoms with van der Waals surface area (Å²) in [6.45, 7) is 7.78. The van der Waals surface area contributed by atoms with E-state index in [-0.39, 0.29) is 0 Å². The van der Waals surface area contributed by atoms with Crippen LogP contribution in [-0.2, 0) is 0 Å². The standard InChI is InChI=1S/C30H39OSi/c1-4-6-8-9-23-31-29-19-15-27(16-20-29)25-11-13-26(14-12-25)28-17-21-30(22-18-28)32(3)24-10-7-5-2/h11-22H,4-10,23-24H2,1-3H3. The normalized spacial score (nSPS) is 11.1. The van der Waals surface area contributed by atoms with Crippen LogP contribution in [0.1, 0.15) is 58.8 Å². The second-order valence-corrected chi connectivity index (χ2v) is 11.5. The summed E-state index contributed by atoms with van der Waals surface area (Å²) in [6.07, 6.45) is 8.99. The van der Waals surface area contributed by atoms with Crippen LogP contribution in [0.4, 0.5) is 0 Å². The highest BCUT2D eigenvalue weighted by atomic mass is 28.3. The van der Waals surface area contributed by atoms with Gasteiger partial charge in [-0.05, 0) is 40.8 Å². The maximum atomic E-state index is 5.88. The van der Waals surface area contributed by atoms with Gasteiger partial charge in [0, 0.05) is 0 Å². The van der Waals surface area contributed by atoms with E-state index in [4.69, 9.17) is 4.74 Å². The van der Waals surface area contributed by atoms with E-state index in [0.29, 0.717) is 0 Å². The Morgan fingerprint density at radius 1 is 0.562 bits per heavy atom. The summed E-state index contributed by atoms with van der Waals surface area (Å²) >= 11 is 0. The molecule has 0 saturated carbocycles. The molecule has 1 nitrogen and oxygen atoms in total. The summed E-state index contributed by atoms with van der Waals surface area (Å²) in [6, 6.07) is 28.1. The molecule has 0 bridgehead atoms. The van der Waals surface area contributed by atoms with Crippen LogP contribution in [0, 0.1) is 0 Å². The molecule has 1 radical (unpaired) electrons. The van der Waals surface area contributed by atoms with Crippen LogP contribution in [0.5, 0.6) is 5.75 Å². The topological polar surface area (TPSA) is 9.23 Å². The molecule has 0 aliphatic rings. The smallest absolute Gasteiger partial charge is 0.119 e. The van der Waals surface area contributed by atoms with E-state index in [2.05, 4.69) is 93.2 Å². The molecule has 0 spiro atoms. The van der Waals surface area contributed by atoms with Crippen molar-refractivity contribution in [3.05, 3.63) is 72.8 Å². The number of hydrogen-bond acceptors (Lipinski definition) is 1. The molecule has 3 aromatic carbocycles. The Balaban J connectivity index is 1.56. The lowest BCUT2D eigenvalue weighted by atomic mass is 10.0. The van der Waals surface area contributed by atoms with E-state index in [1.54, 1.807) is 5.19 Å². The lowest BCUT2D eigenvalue weighted by Crippen LogP contribution is -2.25. The van der Waals surface area contributed by atoms with Crippen molar-refractivity contribution >= 4 is 14.0 Å². The monoisotopic (exact) mass is 443 g/mol. The third kappa shape index (κ3) is 7.38. The molecule has 0 amide bonds. The highest BCUT2D eigenvalue weighted by molar-refractivity contribution is 6.72. The summed E-state index contributed by atoms with van der Waals surface area (Å²) in [5.41, 5.74) is 5.06. The van der Waals surface area contributed by atoms with Crippen molar-refractivity contribution in [2.24, 2.45) is 0 Å². The average Bonchev–Trinajstić information content (AvgIpc) is 2.85. The zero-order valence-electron chi connectivity index (χ0n) is 20.2. The lowest BCUT2D eigenvalue weighted by molar-refractivity contribution is 0.305. The summed E-state index contributed by atoms with van der Waals surface area (Å²) < 4.78 is 5.88. The Morgan fingerprint density at radius 3 is 1.56 bits per heavy atom. The number of hydrogen-bond donors (Lipinski definition) is 0. The highest BCUT2D eigenvalue weighted by Gasteiger charge is 2.08. The zero-order valence-corrected chi connectivity index (χ0v) is 21.2. The van der Waals surface area contributed by atoms with Crippen LogP contribution in [0.2, 0.25) is 12.6 Å². The Morgan fingerprint density at radius 2 is 1.03 bits per heavy atom. The van der Waals surface area contributed by atoms with Gasteiger partial charge in [-0.3, -0.25) is 0 Å². The first-order chi connectivity index (χ1) is 15.7. The zero-order chi connectivity index (χ0) is 22.6. The molecule has 0 heterocycles. The van der Waals surface area contributed by atoms with Gasteiger partial charge in [-0.15, -0.1) is 0 Å². The third-order valence-corrected chi connectivity index (χ3v) is 8.63. The predicted octanol–water partition coefficient (Wildman–Crippen LogP) is 8.50. The molecular weight excluding hydrogens is 404 g/mol. The van der Waals surface area contributed by atoms with Crippen molar-refractivity contribution in [1.29, 1.82) is 0 Å². The van der Waals surface area contributed by atoms with Crippen molar-refractivity contribution in [3.8, 4) is 28.0 Å². The summed E-state index contributed by atoms with van der Waals surface area (Å²) in [4.78, 5) is 0. The predicted molar refractivity (Wildman–Crippen MR) is 143 cm³/mol. The Kier molecular flexibility index (Phi) is 10.1. The van der Waals surface area contributed by atoms with Crippen molar-refractivity contribution in [1.82, 2.24) is 0 Å². The van der Waals surface area contributed by atoms with Crippen LogP contribution in [-0.4, -0.2) is 15.4 Å². The van der Waals surface area contributed by atoms with Gasteiger partial charge in [0.2, 0.25) is 0 Å². The quantitative estimate of drug-likeness (QED) is 0.190. The van der Waals surface area contributed by atoms with Gasteiger partial charge in [0.15, 0.2) is 0 Å². The number of ether oxygens (including phenoxy) is 1. The van der Waals surface area contributed by atoms with Crippen molar-refractivity contribution < 1.29 is 4.74 Å². The second-order valence-electron chi connectivity index (χ2n) is 8.83.